The lowest BCUT2D eigenvalue weighted by atomic mass is 9.91. The maximum atomic E-state index is 10.9. The van der Waals surface area contributed by atoms with E-state index in [1.165, 1.54) is 17.5 Å². The molecule has 0 unspecified atom stereocenters. The highest BCUT2D eigenvalue weighted by Crippen LogP contribution is 2.39. The van der Waals surface area contributed by atoms with Gasteiger partial charge < -0.3 is 20.5 Å². The quantitative estimate of drug-likeness (QED) is 0.300. The number of anilines is 1. The van der Waals surface area contributed by atoms with Gasteiger partial charge >= 0.3 is 0 Å². The maximum absolute atomic E-state index is 10.9. The van der Waals surface area contributed by atoms with Gasteiger partial charge in [-0.3, -0.25) is 5.10 Å². The van der Waals surface area contributed by atoms with Crippen molar-refractivity contribution in [1.29, 1.82) is 0 Å². The number of pyridine rings is 1. The molecule has 0 aliphatic heterocycles. The highest BCUT2D eigenvalue weighted by atomic mass is 16.3. The van der Waals surface area contributed by atoms with Crippen molar-refractivity contribution in [2.45, 2.75) is 43.9 Å². The van der Waals surface area contributed by atoms with Crippen LogP contribution in [0.3, 0.4) is 0 Å². The molecule has 0 amide bonds. The fourth-order valence-electron chi connectivity index (χ4n) is 5.44. The van der Waals surface area contributed by atoms with Gasteiger partial charge in [0.2, 0.25) is 0 Å². The smallest absolute Gasteiger partial charge is 0.143 e. The van der Waals surface area contributed by atoms with Gasteiger partial charge in [-0.15, -0.1) is 0 Å². The minimum atomic E-state index is -0.853. The first-order valence-corrected chi connectivity index (χ1v) is 11.8. The molecule has 1 aliphatic carbocycles. The van der Waals surface area contributed by atoms with Gasteiger partial charge in [-0.1, -0.05) is 0 Å². The van der Waals surface area contributed by atoms with Gasteiger partial charge in [0.1, 0.15) is 23.9 Å². The highest BCUT2D eigenvalue weighted by Gasteiger charge is 2.42. The molecule has 6 rings (SSSR count). The van der Waals surface area contributed by atoms with Crippen molar-refractivity contribution in [3.8, 4) is 0 Å². The number of hydrogen-bond acceptors (Lipinski definition) is 7. The van der Waals surface area contributed by atoms with E-state index in [-0.39, 0.29) is 12.0 Å². The molecule has 4 heterocycles. The van der Waals surface area contributed by atoms with Crippen LogP contribution < -0.4 is 5.73 Å². The number of aliphatic hydroxyl groups excluding tert-OH is 2. The lowest BCUT2D eigenvalue weighted by molar-refractivity contribution is 0.00545. The van der Waals surface area contributed by atoms with E-state index in [9.17, 15) is 10.2 Å². The Morgan fingerprint density at radius 2 is 1.97 bits per heavy atom. The number of aromatic nitrogens is 6. The van der Waals surface area contributed by atoms with E-state index in [4.69, 9.17) is 5.73 Å². The lowest BCUT2D eigenvalue weighted by Gasteiger charge is -2.19. The fourth-order valence-corrected chi connectivity index (χ4v) is 5.44. The van der Waals surface area contributed by atoms with Crippen molar-refractivity contribution < 1.29 is 10.2 Å². The number of benzene rings is 1. The van der Waals surface area contributed by atoms with Gasteiger partial charge in [0.15, 0.2) is 0 Å². The third-order valence-corrected chi connectivity index (χ3v) is 7.27. The minimum absolute atomic E-state index is 0.0411. The fraction of sp³-hybridized carbons (Fsp3) is 0.308. The number of aromatic amines is 1. The summed E-state index contributed by atoms with van der Waals surface area (Å²) >= 11 is 0. The highest BCUT2D eigenvalue weighted by molar-refractivity contribution is 5.82. The molecule has 0 radical (unpaired) electrons. The van der Waals surface area contributed by atoms with Crippen LogP contribution in [0.2, 0.25) is 0 Å². The second-order valence-corrected chi connectivity index (χ2v) is 9.44. The SMILES string of the molecule is Nc1ccc2cc(Cc3cn[nH]c3)c(CC[C@H]3C[C@@H](n4ccc5cncnc54)[C@H](O)[C@@H]3O)cc2n1. The van der Waals surface area contributed by atoms with E-state index in [0.717, 1.165) is 46.8 Å². The summed E-state index contributed by atoms with van der Waals surface area (Å²) in [6.45, 7) is 0. The molecule has 9 nitrogen and oxygen atoms in total. The van der Waals surface area contributed by atoms with Crippen LogP contribution in [-0.4, -0.2) is 52.1 Å². The van der Waals surface area contributed by atoms with Crippen LogP contribution in [0.1, 0.15) is 35.6 Å². The topological polar surface area (TPSA) is 139 Å². The van der Waals surface area contributed by atoms with Crippen LogP contribution in [0.25, 0.3) is 21.9 Å². The molecule has 9 heteroatoms. The summed E-state index contributed by atoms with van der Waals surface area (Å²) < 4.78 is 1.97. The van der Waals surface area contributed by atoms with Crippen molar-refractivity contribution in [3.05, 3.63) is 78.1 Å². The molecule has 5 aromatic rings. The number of aliphatic hydroxyl groups is 2. The lowest BCUT2D eigenvalue weighted by Crippen LogP contribution is -2.29. The third kappa shape index (κ3) is 4.02. The molecular formula is C26H27N7O2. The molecule has 1 aliphatic rings. The number of fused-ring (bicyclic) bond motifs is 2. The van der Waals surface area contributed by atoms with E-state index in [1.54, 1.807) is 6.20 Å². The summed E-state index contributed by atoms with van der Waals surface area (Å²) in [5.74, 6) is 0.450. The van der Waals surface area contributed by atoms with E-state index in [1.807, 2.05) is 41.4 Å². The van der Waals surface area contributed by atoms with Crippen LogP contribution in [0, 0.1) is 5.92 Å². The summed E-state index contributed by atoms with van der Waals surface area (Å²) in [6, 6.07) is 9.79. The predicted molar refractivity (Wildman–Crippen MR) is 133 cm³/mol. The number of rotatable bonds is 6. The van der Waals surface area contributed by atoms with E-state index < -0.39 is 12.2 Å². The van der Waals surface area contributed by atoms with Crippen LogP contribution in [-0.2, 0) is 12.8 Å². The number of nitrogens with one attached hydrogen (secondary N) is 1. The summed E-state index contributed by atoms with van der Waals surface area (Å²) in [5.41, 5.74) is 11.0. The molecule has 1 fully saturated rings. The average molecular weight is 470 g/mol. The van der Waals surface area contributed by atoms with Crippen LogP contribution in [0.15, 0.2) is 61.4 Å². The first-order valence-electron chi connectivity index (χ1n) is 11.8. The zero-order chi connectivity index (χ0) is 23.9. The Kier molecular flexibility index (Phi) is 5.43. The van der Waals surface area contributed by atoms with Crippen molar-refractivity contribution in [2.24, 2.45) is 5.92 Å². The molecule has 4 aromatic heterocycles. The summed E-state index contributed by atoms with van der Waals surface area (Å²) in [4.78, 5) is 13.0. The molecule has 1 saturated carbocycles. The Balaban J connectivity index is 1.26. The Bertz CT molecular complexity index is 1480. The van der Waals surface area contributed by atoms with Gasteiger partial charge in [0, 0.05) is 35.8 Å². The van der Waals surface area contributed by atoms with Gasteiger partial charge in [-0.05, 0) is 72.2 Å². The molecule has 1 aromatic carbocycles. The van der Waals surface area contributed by atoms with Crippen LogP contribution >= 0.6 is 0 Å². The molecule has 35 heavy (non-hydrogen) atoms. The average Bonchev–Trinajstić information content (AvgIpc) is 3.59. The van der Waals surface area contributed by atoms with E-state index >= 15 is 0 Å². The maximum Gasteiger partial charge on any atom is 0.143 e. The second-order valence-electron chi connectivity index (χ2n) is 9.44. The van der Waals surface area contributed by atoms with Crippen LogP contribution in [0.4, 0.5) is 5.82 Å². The van der Waals surface area contributed by atoms with Gasteiger partial charge in [-0.25, -0.2) is 15.0 Å². The number of nitrogens with zero attached hydrogens (tertiary/aromatic N) is 5. The Morgan fingerprint density at radius 3 is 2.83 bits per heavy atom. The third-order valence-electron chi connectivity index (χ3n) is 7.27. The van der Waals surface area contributed by atoms with Gasteiger partial charge in [0.05, 0.1) is 23.9 Å². The largest absolute Gasteiger partial charge is 0.390 e. The summed E-state index contributed by atoms with van der Waals surface area (Å²) in [6.07, 6.45) is 10.2. The molecule has 0 spiro atoms. The number of nitrogens with two attached hydrogens (primary N) is 1. The van der Waals surface area contributed by atoms with E-state index in [2.05, 4.69) is 37.3 Å². The number of H-pyrrole nitrogens is 1. The molecule has 4 atom stereocenters. The summed E-state index contributed by atoms with van der Waals surface area (Å²) in [7, 11) is 0. The molecule has 0 saturated heterocycles. The number of aryl methyl sites for hydroxylation is 1. The normalized spacial score (nSPS) is 22.3. The van der Waals surface area contributed by atoms with E-state index in [0.29, 0.717) is 12.2 Å². The van der Waals surface area contributed by atoms with Crippen molar-refractivity contribution in [1.82, 2.24) is 29.7 Å². The van der Waals surface area contributed by atoms with Crippen LogP contribution in [0.5, 0.6) is 0 Å². The second kappa shape index (κ2) is 8.75. The molecule has 178 valence electrons. The zero-order valence-corrected chi connectivity index (χ0v) is 19.1. The standard InChI is InChI=1S/C26H27N7O2/c27-23-4-3-17-8-20(7-15-11-30-31-12-15)16(9-21(17)32-23)1-2-18-10-22(25(35)24(18)34)33-6-5-19-13-28-14-29-26(19)33/h3-6,8-9,11-14,18,22,24-25,34-35H,1-2,7,10H2,(H2,27,32)(H,30,31)/t18-,22+,24+,25-/m0/s1. The first-order chi connectivity index (χ1) is 17.1. The Labute approximate surface area is 201 Å². The monoisotopic (exact) mass is 469 g/mol. The van der Waals surface area contributed by atoms with Crippen molar-refractivity contribution in [2.75, 3.05) is 5.73 Å². The molecular weight excluding hydrogens is 442 g/mol. The number of nitrogen functional groups attached to an aromatic ring is 1. The Hall–Kier alpha value is -3.82. The molecule has 5 N–H and O–H groups in total. The van der Waals surface area contributed by atoms with Gasteiger partial charge in [0.25, 0.3) is 0 Å². The predicted octanol–water partition coefficient (Wildman–Crippen LogP) is 2.79. The van der Waals surface area contributed by atoms with Crippen molar-refractivity contribution in [3.63, 3.8) is 0 Å². The van der Waals surface area contributed by atoms with Crippen molar-refractivity contribution >= 4 is 27.8 Å². The molecule has 0 bridgehead atoms. The summed E-state index contributed by atoms with van der Waals surface area (Å²) in [5, 5.41) is 30.8. The Morgan fingerprint density at radius 1 is 1.06 bits per heavy atom. The zero-order valence-electron chi connectivity index (χ0n) is 19.1. The minimum Gasteiger partial charge on any atom is -0.390 e. The first kappa shape index (κ1) is 21.7. The number of hydrogen-bond donors (Lipinski definition) is 4. The van der Waals surface area contributed by atoms with Gasteiger partial charge in [-0.2, -0.15) is 5.10 Å².